The third kappa shape index (κ3) is 3.88. The molecule has 0 aliphatic rings. The van der Waals surface area contributed by atoms with Gasteiger partial charge in [-0.25, -0.2) is 0 Å². The highest BCUT2D eigenvalue weighted by Gasteiger charge is 2.04. The number of hydrogen-bond acceptors (Lipinski definition) is 3. The molecule has 0 N–H and O–H groups in total. The van der Waals surface area contributed by atoms with Crippen LogP contribution in [0.3, 0.4) is 0 Å². The highest BCUT2D eigenvalue weighted by atomic mass is 31.2. The Labute approximate surface area is 106 Å². The first-order valence-corrected chi connectivity index (χ1v) is 7.07. The lowest BCUT2D eigenvalue weighted by Crippen LogP contribution is -2.04. The molecule has 0 aliphatic carbocycles. The van der Waals surface area contributed by atoms with Gasteiger partial charge in [-0.15, -0.1) is 0 Å². The van der Waals surface area contributed by atoms with Crippen LogP contribution in [0.4, 0.5) is 0 Å². The zero-order valence-corrected chi connectivity index (χ0v) is 10.5. The Morgan fingerprint density at radius 1 is 0.944 bits per heavy atom. The third-order valence-electron chi connectivity index (χ3n) is 2.22. The summed E-state index contributed by atoms with van der Waals surface area (Å²) in [4.78, 5) is 11.7. The smallest absolute Gasteiger partial charge is 0.207 e. The molecule has 0 bridgehead atoms. The largest absolute Gasteiger partial charge is 0.766 e. The van der Waals surface area contributed by atoms with E-state index in [4.69, 9.17) is 4.52 Å². The predicted molar refractivity (Wildman–Crippen MR) is 70.2 cm³/mol. The molecule has 1 unspecified atom stereocenters. The van der Waals surface area contributed by atoms with Crippen molar-refractivity contribution in [3.05, 3.63) is 72.0 Å². The molecule has 0 aromatic heterocycles. The first kappa shape index (κ1) is 12.6. The van der Waals surface area contributed by atoms with Gasteiger partial charge in [0.25, 0.3) is 0 Å². The fourth-order valence-electron chi connectivity index (χ4n) is 1.40. The summed E-state index contributed by atoms with van der Waals surface area (Å²) in [7, 11) is -4.01. The van der Waals surface area contributed by atoms with E-state index >= 15 is 0 Å². The molecule has 0 spiro atoms. The van der Waals surface area contributed by atoms with E-state index in [1.165, 1.54) is 6.08 Å². The van der Waals surface area contributed by atoms with Crippen LogP contribution in [0, 0.1) is 0 Å². The molecular formula is C14H12O3P-. The van der Waals surface area contributed by atoms with Gasteiger partial charge in [-0.3, -0.25) is 4.57 Å². The second-order valence-electron chi connectivity index (χ2n) is 3.67. The minimum absolute atomic E-state index is 0.313. The molecule has 18 heavy (non-hydrogen) atoms. The maximum absolute atomic E-state index is 11.7. The fourth-order valence-corrected chi connectivity index (χ4v) is 2.23. The zero-order chi connectivity index (χ0) is 12.8. The summed E-state index contributed by atoms with van der Waals surface area (Å²) >= 11 is 0. The van der Waals surface area contributed by atoms with Crippen LogP contribution in [-0.2, 0) is 4.57 Å². The molecule has 2 rings (SSSR count). The maximum atomic E-state index is 11.7. The van der Waals surface area contributed by atoms with Crippen molar-refractivity contribution in [3.8, 4) is 5.75 Å². The van der Waals surface area contributed by atoms with Gasteiger partial charge in [0.05, 0.1) is 0 Å². The molecule has 2 aromatic rings. The van der Waals surface area contributed by atoms with Crippen molar-refractivity contribution in [1.29, 1.82) is 0 Å². The number of rotatable bonds is 4. The van der Waals surface area contributed by atoms with Gasteiger partial charge in [-0.05, 0) is 29.6 Å². The molecular weight excluding hydrogens is 247 g/mol. The Morgan fingerprint density at radius 3 is 2.11 bits per heavy atom. The Balaban J connectivity index is 2.08. The van der Waals surface area contributed by atoms with Crippen molar-refractivity contribution in [2.24, 2.45) is 0 Å². The molecule has 92 valence electrons. The van der Waals surface area contributed by atoms with Gasteiger partial charge in [0.2, 0.25) is 7.60 Å². The van der Waals surface area contributed by atoms with Gasteiger partial charge in [-0.1, -0.05) is 48.5 Å². The molecule has 0 saturated carbocycles. The summed E-state index contributed by atoms with van der Waals surface area (Å²) in [5, 5.41) is 0. The van der Waals surface area contributed by atoms with Crippen LogP contribution in [0.1, 0.15) is 5.56 Å². The van der Waals surface area contributed by atoms with Crippen LogP contribution in [0.15, 0.2) is 66.5 Å². The van der Waals surface area contributed by atoms with E-state index in [-0.39, 0.29) is 0 Å². The lowest BCUT2D eigenvalue weighted by atomic mass is 10.2. The molecule has 1 atom stereocenters. The van der Waals surface area contributed by atoms with Gasteiger partial charge in [0.1, 0.15) is 5.75 Å². The lowest BCUT2D eigenvalue weighted by Gasteiger charge is -2.20. The quantitative estimate of drug-likeness (QED) is 0.791. The maximum Gasteiger partial charge on any atom is 0.207 e. The summed E-state index contributed by atoms with van der Waals surface area (Å²) in [6.07, 6.45) is 1.51. The summed E-state index contributed by atoms with van der Waals surface area (Å²) in [5.74, 6) is 1.39. The second kappa shape index (κ2) is 5.67. The van der Waals surface area contributed by atoms with E-state index in [1.807, 2.05) is 30.3 Å². The molecule has 2 aromatic carbocycles. The number of hydrogen-bond donors (Lipinski definition) is 0. The minimum atomic E-state index is -4.01. The number of para-hydroxylation sites is 1. The van der Waals surface area contributed by atoms with Crippen LogP contribution >= 0.6 is 7.60 Å². The summed E-state index contributed by atoms with van der Waals surface area (Å²) in [5.41, 5.74) is 0.810. The summed E-state index contributed by atoms with van der Waals surface area (Å²) in [6, 6.07) is 17.6. The average molecular weight is 259 g/mol. The van der Waals surface area contributed by atoms with Gasteiger partial charge in [-0.2, -0.15) is 0 Å². The van der Waals surface area contributed by atoms with Crippen molar-refractivity contribution in [1.82, 2.24) is 0 Å². The standard InChI is InChI=1S/C14H13O3P/c15-18(16,17-14-9-5-2-6-10-14)12-11-13-7-3-1-4-8-13/h1-12H,(H,15,16)/p-1. The Bertz CT molecular complexity index is 564. The van der Waals surface area contributed by atoms with E-state index < -0.39 is 7.60 Å². The number of benzene rings is 2. The van der Waals surface area contributed by atoms with E-state index in [0.29, 0.717) is 5.75 Å². The highest BCUT2D eigenvalue weighted by molar-refractivity contribution is 7.55. The second-order valence-corrected chi connectivity index (χ2v) is 5.23. The highest BCUT2D eigenvalue weighted by Crippen LogP contribution is 2.40. The monoisotopic (exact) mass is 259 g/mol. The van der Waals surface area contributed by atoms with E-state index in [9.17, 15) is 9.46 Å². The van der Waals surface area contributed by atoms with Crippen LogP contribution < -0.4 is 9.42 Å². The van der Waals surface area contributed by atoms with Crippen molar-refractivity contribution in [3.63, 3.8) is 0 Å². The zero-order valence-electron chi connectivity index (χ0n) is 9.60. The summed E-state index contributed by atoms with van der Waals surface area (Å²) in [6.45, 7) is 0. The molecule has 0 heterocycles. The molecule has 0 fully saturated rings. The van der Waals surface area contributed by atoms with E-state index in [0.717, 1.165) is 11.4 Å². The van der Waals surface area contributed by atoms with Crippen molar-refractivity contribution in [2.75, 3.05) is 0 Å². The normalized spacial score (nSPS) is 14.3. The van der Waals surface area contributed by atoms with Crippen LogP contribution in [-0.4, -0.2) is 0 Å². The van der Waals surface area contributed by atoms with Crippen molar-refractivity contribution >= 4 is 13.7 Å². The molecule has 0 amide bonds. The summed E-state index contributed by atoms with van der Waals surface area (Å²) < 4.78 is 16.6. The van der Waals surface area contributed by atoms with Crippen molar-refractivity contribution < 1.29 is 14.0 Å². The molecule has 4 heteroatoms. The topological polar surface area (TPSA) is 49.4 Å². The average Bonchev–Trinajstić information content (AvgIpc) is 2.38. The Hall–Kier alpha value is -1.83. The first-order valence-electron chi connectivity index (χ1n) is 5.45. The predicted octanol–water partition coefficient (Wildman–Crippen LogP) is 3.29. The van der Waals surface area contributed by atoms with E-state index in [2.05, 4.69) is 0 Å². The third-order valence-corrected chi connectivity index (χ3v) is 3.20. The Morgan fingerprint density at radius 2 is 1.50 bits per heavy atom. The molecule has 0 saturated heterocycles. The van der Waals surface area contributed by atoms with Crippen LogP contribution in [0.2, 0.25) is 0 Å². The molecule has 0 aliphatic heterocycles. The minimum Gasteiger partial charge on any atom is -0.766 e. The van der Waals surface area contributed by atoms with Crippen LogP contribution in [0.5, 0.6) is 5.75 Å². The van der Waals surface area contributed by atoms with E-state index in [1.54, 1.807) is 30.3 Å². The van der Waals surface area contributed by atoms with Gasteiger partial charge >= 0.3 is 0 Å². The first-order chi connectivity index (χ1) is 8.66. The molecule has 3 nitrogen and oxygen atoms in total. The van der Waals surface area contributed by atoms with Gasteiger partial charge in [0, 0.05) is 0 Å². The lowest BCUT2D eigenvalue weighted by molar-refractivity contribution is -0.187. The van der Waals surface area contributed by atoms with Crippen molar-refractivity contribution in [2.45, 2.75) is 0 Å². The Kier molecular flexibility index (Phi) is 3.98. The van der Waals surface area contributed by atoms with Gasteiger partial charge in [0.15, 0.2) is 0 Å². The van der Waals surface area contributed by atoms with Crippen LogP contribution in [0.25, 0.3) is 6.08 Å². The SMILES string of the molecule is O=P([O-])(C=Cc1ccccc1)Oc1ccccc1. The fraction of sp³-hybridized carbons (Fsp3) is 0. The molecule has 0 radical (unpaired) electrons. The van der Waals surface area contributed by atoms with Gasteiger partial charge < -0.3 is 9.42 Å².